The lowest BCUT2D eigenvalue weighted by molar-refractivity contribution is 0.0946. The van der Waals surface area contributed by atoms with E-state index in [2.05, 4.69) is 15.1 Å². The van der Waals surface area contributed by atoms with Gasteiger partial charge in [-0.1, -0.05) is 12.1 Å². The molecule has 1 amide bonds. The van der Waals surface area contributed by atoms with Crippen LogP contribution < -0.4 is 10.0 Å². The Hall–Kier alpha value is -3.04. The first-order valence-corrected chi connectivity index (χ1v) is 9.49. The molecule has 0 atom stereocenters. The Balaban J connectivity index is 1.72. The number of aromatic nitrogens is 2. The van der Waals surface area contributed by atoms with Gasteiger partial charge in [-0.15, -0.1) is 0 Å². The van der Waals surface area contributed by atoms with Gasteiger partial charge < -0.3 is 5.32 Å². The van der Waals surface area contributed by atoms with Crippen molar-refractivity contribution in [2.45, 2.75) is 11.4 Å². The summed E-state index contributed by atoms with van der Waals surface area (Å²) in [6.07, 6.45) is 3.48. The summed E-state index contributed by atoms with van der Waals surface area (Å²) < 4.78 is 41.4. The van der Waals surface area contributed by atoms with Gasteiger partial charge in [-0.3, -0.25) is 4.79 Å². The van der Waals surface area contributed by atoms with E-state index >= 15 is 0 Å². The van der Waals surface area contributed by atoms with Crippen molar-refractivity contribution < 1.29 is 17.6 Å². The minimum absolute atomic E-state index is 0.167. The zero-order chi connectivity index (χ0) is 19.4. The Morgan fingerprint density at radius 3 is 2.56 bits per heavy atom. The van der Waals surface area contributed by atoms with E-state index in [0.717, 1.165) is 29.4 Å². The molecule has 1 aromatic heterocycles. The van der Waals surface area contributed by atoms with Crippen LogP contribution in [0.1, 0.15) is 15.9 Å². The molecule has 0 aliphatic heterocycles. The third-order valence-electron chi connectivity index (χ3n) is 3.92. The van der Waals surface area contributed by atoms with Crippen LogP contribution in [0.4, 0.5) is 4.39 Å². The first kappa shape index (κ1) is 18.7. The fourth-order valence-corrected chi connectivity index (χ4v) is 3.18. The lowest BCUT2D eigenvalue weighted by Gasteiger charge is -2.09. The van der Waals surface area contributed by atoms with E-state index < -0.39 is 21.7 Å². The smallest absolute Gasteiger partial charge is 0.254 e. The maximum atomic E-state index is 14.0. The van der Waals surface area contributed by atoms with Gasteiger partial charge in [0.2, 0.25) is 10.0 Å². The normalized spacial score (nSPS) is 11.3. The van der Waals surface area contributed by atoms with E-state index in [4.69, 9.17) is 0 Å². The number of rotatable bonds is 6. The minimum atomic E-state index is -3.77. The van der Waals surface area contributed by atoms with E-state index in [-0.39, 0.29) is 17.0 Å². The van der Waals surface area contributed by atoms with E-state index in [9.17, 15) is 17.6 Å². The van der Waals surface area contributed by atoms with Crippen molar-refractivity contribution in [3.8, 4) is 5.69 Å². The van der Waals surface area contributed by atoms with Gasteiger partial charge in [0.05, 0.1) is 16.1 Å². The topological polar surface area (TPSA) is 93.1 Å². The summed E-state index contributed by atoms with van der Waals surface area (Å²) in [5, 5.41) is 6.72. The Labute approximate surface area is 155 Å². The molecular weight excluding hydrogens is 371 g/mol. The highest BCUT2D eigenvalue weighted by atomic mass is 32.2. The Morgan fingerprint density at radius 2 is 1.93 bits per heavy atom. The Kier molecular flexibility index (Phi) is 5.33. The van der Waals surface area contributed by atoms with Gasteiger partial charge in [-0.25, -0.2) is 22.2 Å². The molecule has 140 valence electrons. The predicted octanol–water partition coefficient (Wildman–Crippen LogP) is 1.85. The van der Waals surface area contributed by atoms with Crippen LogP contribution in [0.5, 0.6) is 0 Å². The molecule has 2 aromatic carbocycles. The van der Waals surface area contributed by atoms with Crippen molar-refractivity contribution in [1.29, 1.82) is 0 Å². The van der Waals surface area contributed by atoms with Crippen LogP contribution in [0, 0.1) is 5.82 Å². The average molecular weight is 388 g/mol. The van der Waals surface area contributed by atoms with E-state index in [0.29, 0.717) is 0 Å². The summed E-state index contributed by atoms with van der Waals surface area (Å²) in [5.74, 6) is -1.49. The number of hydrogen-bond donors (Lipinski definition) is 2. The first-order chi connectivity index (χ1) is 12.9. The molecule has 0 unspecified atom stereocenters. The van der Waals surface area contributed by atoms with Crippen LogP contribution in [-0.4, -0.2) is 31.2 Å². The average Bonchev–Trinajstić information content (AvgIpc) is 3.21. The molecule has 0 spiro atoms. The van der Waals surface area contributed by atoms with Crippen LogP contribution in [0.3, 0.4) is 0 Å². The number of carbonyl (C=O) groups excluding carboxylic acids is 1. The number of amides is 1. The number of hydrogen-bond acceptors (Lipinski definition) is 4. The molecule has 9 heteroatoms. The highest BCUT2D eigenvalue weighted by Gasteiger charge is 2.18. The number of benzene rings is 2. The Morgan fingerprint density at radius 1 is 1.19 bits per heavy atom. The number of nitrogens with one attached hydrogen (secondary N) is 2. The number of carbonyl (C=O) groups is 1. The van der Waals surface area contributed by atoms with Crippen LogP contribution in [-0.2, 0) is 16.6 Å². The second kappa shape index (κ2) is 7.68. The summed E-state index contributed by atoms with van der Waals surface area (Å²) in [4.78, 5) is 12.1. The van der Waals surface area contributed by atoms with Gasteiger partial charge >= 0.3 is 0 Å². The predicted molar refractivity (Wildman–Crippen MR) is 97.4 cm³/mol. The largest absolute Gasteiger partial charge is 0.348 e. The molecule has 3 aromatic rings. The van der Waals surface area contributed by atoms with Crippen LogP contribution in [0.15, 0.2) is 65.8 Å². The van der Waals surface area contributed by atoms with Crippen molar-refractivity contribution in [3.05, 3.63) is 77.9 Å². The molecule has 0 radical (unpaired) electrons. The molecule has 0 saturated heterocycles. The number of sulfonamides is 1. The molecule has 3 rings (SSSR count). The lowest BCUT2D eigenvalue weighted by Crippen LogP contribution is -2.25. The summed E-state index contributed by atoms with van der Waals surface area (Å²) in [6, 6.07) is 12.2. The standard InChI is InChI=1S/C18H17FN4O3S/c1-20-27(25,26)15-7-8-17(19)16(11-15)18(24)21-12-13-3-5-14(6-4-13)23-10-2-9-22-23/h2-11,20H,12H2,1H3,(H,21,24). The third-order valence-corrected chi connectivity index (χ3v) is 5.33. The first-order valence-electron chi connectivity index (χ1n) is 8.01. The second-order valence-corrected chi connectivity index (χ2v) is 7.54. The van der Waals surface area contributed by atoms with Crippen LogP contribution >= 0.6 is 0 Å². The summed E-state index contributed by atoms with van der Waals surface area (Å²) in [5.41, 5.74) is 1.34. The van der Waals surface area contributed by atoms with Gasteiger partial charge in [-0.05, 0) is 49.0 Å². The third kappa shape index (κ3) is 4.21. The van der Waals surface area contributed by atoms with Gasteiger partial charge in [0.1, 0.15) is 5.82 Å². The second-order valence-electron chi connectivity index (χ2n) is 5.65. The van der Waals surface area contributed by atoms with Crippen LogP contribution in [0.2, 0.25) is 0 Å². The van der Waals surface area contributed by atoms with Crippen LogP contribution in [0.25, 0.3) is 5.69 Å². The summed E-state index contributed by atoms with van der Waals surface area (Å²) >= 11 is 0. The van der Waals surface area contributed by atoms with E-state index in [1.54, 1.807) is 10.9 Å². The summed E-state index contributed by atoms with van der Waals surface area (Å²) in [7, 11) is -2.53. The highest BCUT2D eigenvalue weighted by molar-refractivity contribution is 7.89. The van der Waals surface area contributed by atoms with Gasteiger partial charge in [0.15, 0.2) is 0 Å². The van der Waals surface area contributed by atoms with Crippen molar-refractivity contribution in [2.24, 2.45) is 0 Å². The SMILES string of the molecule is CNS(=O)(=O)c1ccc(F)c(C(=O)NCc2ccc(-n3cccn3)cc2)c1. The molecule has 0 bridgehead atoms. The van der Waals surface area contributed by atoms with E-state index in [1.807, 2.05) is 36.5 Å². The maximum Gasteiger partial charge on any atom is 0.254 e. The highest BCUT2D eigenvalue weighted by Crippen LogP contribution is 2.15. The molecule has 7 nitrogen and oxygen atoms in total. The molecule has 0 saturated carbocycles. The molecule has 27 heavy (non-hydrogen) atoms. The van der Waals surface area contributed by atoms with Crippen molar-refractivity contribution >= 4 is 15.9 Å². The van der Waals surface area contributed by atoms with Gasteiger partial charge in [-0.2, -0.15) is 5.10 Å². The molecule has 0 aliphatic rings. The Bertz CT molecular complexity index is 1050. The molecule has 0 aliphatic carbocycles. The zero-order valence-corrected chi connectivity index (χ0v) is 15.2. The van der Waals surface area contributed by atoms with Gasteiger partial charge in [0.25, 0.3) is 5.91 Å². The fourth-order valence-electron chi connectivity index (χ4n) is 2.43. The molecule has 0 fully saturated rings. The summed E-state index contributed by atoms with van der Waals surface area (Å²) in [6.45, 7) is 0.167. The quantitative estimate of drug-likeness (QED) is 0.674. The molecule has 2 N–H and O–H groups in total. The minimum Gasteiger partial charge on any atom is -0.348 e. The number of nitrogens with zero attached hydrogens (tertiary/aromatic N) is 2. The zero-order valence-electron chi connectivity index (χ0n) is 14.4. The lowest BCUT2D eigenvalue weighted by atomic mass is 10.1. The van der Waals surface area contributed by atoms with Gasteiger partial charge in [0, 0.05) is 18.9 Å². The molecule has 1 heterocycles. The fraction of sp³-hybridized carbons (Fsp3) is 0.111. The van der Waals surface area contributed by atoms with Crippen molar-refractivity contribution in [2.75, 3.05) is 7.05 Å². The number of halogens is 1. The van der Waals surface area contributed by atoms with E-state index in [1.165, 1.54) is 7.05 Å². The van der Waals surface area contributed by atoms with Crippen molar-refractivity contribution in [1.82, 2.24) is 19.8 Å². The molecular formula is C18H17FN4O3S. The van der Waals surface area contributed by atoms with Crippen molar-refractivity contribution in [3.63, 3.8) is 0 Å². The monoisotopic (exact) mass is 388 g/mol. The maximum absolute atomic E-state index is 14.0.